The molecule has 0 radical (unpaired) electrons. The molecule has 0 saturated heterocycles. The van der Waals surface area contributed by atoms with E-state index in [1.807, 2.05) is 0 Å². The zero-order valence-electron chi connectivity index (χ0n) is 13.5. The number of anilines is 1. The van der Waals surface area contributed by atoms with Gasteiger partial charge in [-0.25, -0.2) is 4.39 Å². The van der Waals surface area contributed by atoms with Crippen molar-refractivity contribution in [3.8, 4) is 0 Å². The van der Waals surface area contributed by atoms with Crippen LogP contribution in [-0.4, -0.2) is 5.11 Å². The largest absolute Gasteiger partial charge is 0.353 e. The highest BCUT2D eigenvalue weighted by molar-refractivity contribution is 9.10. The molecule has 5 heteroatoms. The average molecular weight is 407 g/mol. The summed E-state index contributed by atoms with van der Waals surface area (Å²) in [4.78, 5) is 0. The third kappa shape index (κ3) is 3.78. The number of thiocarbonyl (C=S) groups is 1. The van der Waals surface area contributed by atoms with Crippen LogP contribution in [0.1, 0.15) is 36.8 Å². The molecule has 0 unspecified atom stereocenters. The molecule has 0 amide bonds. The van der Waals surface area contributed by atoms with Gasteiger partial charge in [-0.2, -0.15) is 0 Å². The standard InChI is InChI=1S/C19H20BrFN2S/c1-13-4-6-14(7-5-13)19(10-2-3-11-19)23-18(24)22-17-9-8-15(20)12-16(17)21/h4-9,12H,2-3,10-11H2,1H3,(H2,22,23,24). The van der Waals surface area contributed by atoms with Crippen molar-refractivity contribution in [2.24, 2.45) is 0 Å². The summed E-state index contributed by atoms with van der Waals surface area (Å²) in [6.45, 7) is 2.08. The molecule has 3 rings (SSSR count). The van der Waals surface area contributed by atoms with Crippen LogP contribution in [0.25, 0.3) is 0 Å². The number of rotatable bonds is 3. The monoisotopic (exact) mass is 406 g/mol. The smallest absolute Gasteiger partial charge is 0.171 e. The topological polar surface area (TPSA) is 24.1 Å². The number of nitrogens with one attached hydrogen (secondary N) is 2. The van der Waals surface area contributed by atoms with E-state index in [2.05, 4.69) is 57.8 Å². The molecule has 0 heterocycles. The lowest BCUT2D eigenvalue weighted by molar-refractivity contribution is 0.408. The zero-order valence-corrected chi connectivity index (χ0v) is 15.9. The van der Waals surface area contributed by atoms with Crippen molar-refractivity contribution >= 4 is 38.9 Å². The van der Waals surface area contributed by atoms with Gasteiger partial charge in [-0.15, -0.1) is 0 Å². The minimum Gasteiger partial charge on any atom is -0.353 e. The molecule has 1 aliphatic rings. The lowest BCUT2D eigenvalue weighted by Crippen LogP contribution is -2.45. The van der Waals surface area contributed by atoms with Crippen molar-refractivity contribution in [3.63, 3.8) is 0 Å². The first-order valence-corrected chi connectivity index (χ1v) is 9.30. The van der Waals surface area contributed by atoms with Crippen LogP contribution in [0.4, 0.5) is 10.1 Å². The molecule has 1 fully saturated rings. The van der Waals surface area contributed by atoms with Gasteiger partial charge in [0.2, 0.25) is 0 Å². The van der Waals surface area contributed by atoms with Gasteiger partial charge in [-0.05, 0) is 55.7 Å². The van der Waals surface area contributed by atoms with Crippen molar-refractivity contribution in [1.29, 1.82) is 0 Å². The van der Waals surface area contributed by atoms with Crippen molar-refractivity contribution in [2.45, 2.75) is 38.1 Å². The van der Waals surface area contributed by atoms with E-state index < -0.39 is 0 Å². The fourth-order valence-electron chi connectivity index (χ4n) is 3.30. The normalized spacial score (nSPS) is 16.0. The quantitative estimate of drug-likeness (QED) is 0.643. The van der Waals surface area contributed by atoms with Crippen molar-refractivity contribution in [1.82, 2.24) is 5.32 Å². The minimum absolute atomic E-state index is 0.163. The molecule has 2 aromatic rings. The van der Waals surface area contributed by atoms with Gasteiger partial charge in [0.05, 0.1) is 11.2 Å². The molecular formula is C19H20BrFN2S. The second kappa shape index (κ2) is 7.19. The van der Waals surface area contributed by atoms with Crippen LogP contribution in [0.5, 0.6) is 0 Å². The number of aryl methyl sites for hydroxylation is 1. The summed E-state index contributed by atoms with van der Waals surface area (Å²) in [7, 11) is 0. The van der Waals surface area contributed by atoms with Gasteiger partial charge in [-0.3, -0.25) is 0 Å². The third-order valence-electron chi connectivity index (χ3n) is 4.59. The predicted molar refractivity (Wildman–Crippen MR) is 105 cm³/mol. The summed E-state index contributed by atoms with van der Waals surface area (Å²) < 4.78 is 14.7. The zero-order chi connectivity index (χ0) is 17.2. The van der Waals surface area contributed by atoms with Gasteiger partial charge in [0.25, 0.3) is 0 Å². The lowest BCUT2D eigenvalue weighted by Gasteiger charge is -2.32. The summed E-state index contributed by atoms with van der Waals surface area (Å²) >= 11 is 8.72. The van der Waals surface area contributed by atoms with E-state index >= 15 is 0 Å². The van der Waals surface area contributed by atoms with E-state index in [1.165, 1.54) is 17.2 Å². The van der Waals surface area contributed by atoms with Crippen molar-refractivity contribution in [2.75, 3.05) is 5.32 Å². The Labute approximate surface area is 156 Å². The summed E-state index contributed by atoms with van der Waals surface area (Å²) in [6, 6.07) is 13.5. The second-order valence-corrected chi connectivity index (χ2v) is 7.68. The fraction of sp³-hybridized carbons (Fsp3) is 0.316. The molecule has 0 aromatic heterocycles. The lowest BCUT2D eigenvalue weighted by atomic mass is 9.88. The number of halogens is 2. The molecule has 2 nitrogen and oxygen atoms in total. The SMILES string of the molecule is Cc1ccc(C2(NC(=S)Nc3ccc(Br)cc3F)CCCC2)cc1. The van der Waals surface area contributed by atoms with Gasteiger partial charge in [0.1, 0.15) is 5.82 Å². The predicted octanol–water partition coefficient (Wildman–Crippen LogP) is 5.65. The van der Waals surface area contributed by atoms with Crippen molar-refractivity contribution in [3.05, 3.63) is 63.9 Å². The molecule has 1 saturated carbocycles. The van der Waals surface area contributed by atoms with Gasteiger partial charge < -0.3 is 10.6 Å². The van der Waals surface area contributed by atoms with Crippen LogP contribution in [0, 0.1) is 12.7 Å². The third-order valence-corrected chi connectivity index (χ3v) is 5.29. The first kappa shape index (κ1) is 17.4. The fourth-order valence-corrected chi connectivity index (χ4v) is 3.94. The molecule has 2 N–H and O–H groups in total. The minimum atomic E-state index is -0.329. The molecule has 0 spiro atoms. The maximum atomic E-state index is 14.0. The summed E-state index contributed by atoms with van der Waals surface area (Å²) in [5, 5.41) is 6.91. The van der Waals surface area contributed by atoms with E-state index in [4.69, 9.17) is 12.2 Å². The van der Waals surface area contributed by atoms with E-state index in [1.54, 1.807) is 12.1 Å². The van der Waals surface area contributed by atoms with E-state index in [-0.39, 0.29) is 11.4 Å². The van der Waals surface area contributed by atoms with Crippen molar-refractivity contribution < 1.29 is 4.39 Å². The Morgan fingerprint density at radius 3 is 2.42 bits per heavy atom. The van der Waals surface area contributed by atoms with E-state index in [0.29, 0.717) is 15.3 Å². The Morgan fingerprint density at radius 2 is 1.79 bits per heavy atom. The van der Waals surface area contributed by atoms with Crippen LogP contribution in [0.3, 0.4) is 0 Å². The highest BCUT2D eigenvalue weighted by Crippen LogP contribution is 2.39. The first-order chi connectivity index (χ1) is 11.5. The van der Waals surface area contributed by atoms with Gasteiger partial charge in [-0.1, -0.05) is 58.6 Å². The number of hydrogen-bond acceptors (Lipinski definition) is 1. The highest BCUT2D eigenvalue weighted by Gasteiger charge is 2.36. The highest BCUT2D eigenvalue weighted by atomic mass is 79.9. The van der Waals surface area contributed by atoms with Crippen LogP contribution < -0.4 is 10.6 Å². The Bertz CT molecular complexity index is 740. The Hall–Kier alpha value is -1.46. The van der Waals surface area contributed by atoms with Crippen LogP contribution in [-0.2, 0) is 5.54 Å². The maximum absolute atomic E-state index is 14.0. The van der Waals surface area contributed by atoms with E-state index in [0.717, 1.165) is 25.7 Å². The van der Waals surface area contributed by atoms with Crippen LogP contribution in [0.2, 0.25) is 0 Å². The first-order valence-electron chi connectivity index (χ1n) is 8.10. The summed E-state index contributed by atoms with van der Waals surface area (Å²) in [6.07, 6.45) is 4.38. The average Bonchev–Trinajstić information content (AvgIpc) is 3.00. The molecule has 0 bridgehead atoms. The number of hydrogen-bond donors (Lipinski definition) is 2. The molecule has 0 atom stereocenters. The molecule has 126 valence electrons. The second-order valence-electron chi connectivity index (χ2n) is 6.36. The molecule has 0 aliphatic heterocycles. The van der Waals surface area contributed by atoms with Crippen LogP contribution >= 0.6 is 28.1 Å². The number of benzene rings is 2. The Balaban J connectivity index is 1.78. The Kier molecular flexibility index (Phi) is 5.21. The molecule has 1 aliphatic carbocycles. The summed E-state index contributed by atoms with van der Waals surface area (Å²) in [5.41, 5.74) is 2.70. The van der Waals surface area contributed by atoms with Crippen LogP contribution in [0.15, 0.2) is 46.9 Å². The molecule has 24 heavy (non-hydrogen) atoms. The van der Waals surface area contributed by atoms with Gasteiger partial charge >= 0.3 is 0 Å². The Morgan fingerprint density at radius 1 is 1.12 bits per heavy atom. The maximum Gasteiger partial charge on any atom is 0.171 e. The molecular weight excluding hydrogens is 387 g/mol. The van der Waals surface area contributed by atoms with E-state index in [9.17, 15) is 4.39 Å². The van der Waals surface area contributed by atoms with Gasteiger partial charge in [0, 0.05) is 4.47 Å². The summed E-state index contributed by atoms with van der Waals surface area (Å²) in [5.74, 6) is -0.329. The molecule has 2 aromatic carbocycles. The van der Waals surface area contributed by atoms with Gasteiger partial charge in [0.15, 0.2) is 5.11 Å².